The predicted octanol–water partition coefficient (Wildman–Crippen LogP) is 7.66. The van der Waals surface area contributed by atoms with E-state index in [1.807, 2.05) is 35.4 Å². The van der Waals surface area contributed by atoms with E-state index in [-0.39, 0.29) is 6.23 Å². The lowest BCUT2D eigenvalue weighted by Crippen LogP contribution is -2.18. The number of aromatic nitrogens is 4. The monoisotopic (exact) mass is 556 g/mol. The number of carboxylic acids is 1. The molecule has 3 aromatic carbocycles. The van der Waals surface area contributed by atoms with Crippen molar-refractivity contribution in [1.29, 1.82) is 0 Å². The fraction of sp³-hybridized carbons (Fsp3) is 0.200. The van der Waals surface area contributed by atoms with Crippen LogP contribution in [0.3, 0.4) is 0 Å². The molecular formula is C35H32N4O3. The zero-order chi connectivity index (χ0) is 28.9. The quantitative estimate of drug-likeness (QED) is 0.156. The second kappa shape index (κ2) is 12.3. The Bertz CT molecular complexity index is 1750. The van der Waals surface area contributed by atoms with Crippen LogP contribution in [0.25, 0.3) is 39.3 Å². The summed E-state index contributed by atoms with van der Waals surface area (Å²) in [5.74, 6) is -0.967. The molecule has 0 radical (unpaired) electrons. The molecule has 1 saturated heterocycles. The summed E-state index contributed by atoms with van der Waals surface area (Å²) in [5, 5.41) is 14.8. The van der Waals surface area contributed by atoms with Gasteiger partial charge in [0.05, 0.1) is 11.7 Å². The van der Waals surface area contributed by atoms with E-state index in [0.717, 1.165) is 88.2 Å². The average Bonchev–Trinajstić information content (AvgIpc) is 3.47. The highest BCUT2D eigenvalue weighted by atomic mass is 16.5. The SMILES string of the molecule is CC/C(=C(/c1ccc(/C=C/C(=O)O)cc1)c1ccc2c(cnn2C2CCCCO2)c1)c1ccc(-c2cncnc2)cc1. The molecule has 0 spiro atoms. The number of nitrogens with zero attached hydrogens (tertiary/aromatic N) is 4. The maximum absolute atomic E-state index is 11.0. The number of fused-ring (bicyclic) bond motifs is 1. The highest BCUT2D eigenvalue weighted by Gasteiger charge is 2.20. The lowest BCUT2D eigenvalue weighted by atomic mass is 9.87. The van der Waals surface area contributed by atoms with Crippen LogP contribution in [0.5, 0.6) is 0 Å². The molecule has 42 heavy (non-hydrogen) atoms. The maximum atomic E-state index is 11.0. The van der Waals surface area contributed by atoms with Crippen LogP contribution in [0.2, 0.25) is 0 Å². The first-order valence-corrected chi connectivity index (χ1v) is 14.3. The van der Waals surface area contributed by atoms with Crippen LogP contribution in [0, 0.1) is 0 Å². The molecule has 3 heterocycles. The summed E-state index contributed by atoms with van der Waals surface area (Å²) < 4.78 is 8.03. The molecule has 0 amide bonds. The molecule has 6 rings (SSSR count). The molecule has 210 valence electrons. The molecule has 1 aliphatic rings. The van der Waals surface area contributed by atoms with Gasteiger partial charge in [0, 0.05) is 36.0 Å². The van der Waals surface area contributed by atoms with Crippen LogP contribution in [-0.2, 0) is 9.53 Å². The molecule has 1 aliphatic heterocycles. The van der Waals surface area contributed by atoms with E-state index in [0.29, 0.717) is 0 Å². The summed E-state index contributed by atoms with van der Waals surface area (Å²) in [5.41, 5.74) is 9.55. The number of hydrogen-bond acceptors (Lipinski definition) is 5. The third-order valence-electron chi connectivity index (χ3n) is 7.71. The standard InChI is InChI=1S/C35H32N4O3/c1-2-31(26-13-11-25(12-14-26)30-20-36-23-37-21-30)35(27-9-6-24(7-10-27)8-17-34(40)41)28-15-16-32-29(19-28)22-38-39(32)33-5-3-4-18-42-33/h6-17,19-23,33H,2-5,18H2,1H3,(H,40,41)/b17-8+,35-31+. The van der Waals surface area contributed by atoms with E-state index in [9.17, 15) is 4.79 Å². The Morgan fingerprint density at radius 3 is 2.36 bits per heavy atom. The Morgan fingerprint density at radius 1 is 0.929 bits per heavy atom. The lowest BCUT2D eigenvalue weighted by molar-refractivity contribution is -0.131. The Kier molecular flexibility index (Phi) is 8.01. The van der Waals surface area contributed by atoms with Gasteiger partial charge >= 0.3 is 5.97 Å². The number of ether oxygens (including phenoxy) is 1. The topological polar surface area (TPSA) is 90.1 Å². The molecular weight excluding hydrogens is 524 g/mol. The van der Waals surface area contributed by atoms with Gasteiger partial charge in [-0.2, -0.15) is 5.10 Å². The minimum Gasteiger partial charge on any atom is -0.478 e. The summed E-state index contributed by atoms with van der Waals surface area (Å²) in [4.78, 5) is 19.3. The summed E-state index contributed by atoms with van der Waals surface area (Å²) in [6.07, 6.45) is 13.9. The highest BCUT2D eigenvalue weighted by molar-refractivity contribution is 6.00. The molecule has 0 aliphatic carbocycles. The van der Waals surface area contributed by atoms with Gasteiger partial charge in [0.15, 0.2) is 6.23 Å². The number of rotatable bonds is 8. The van der Waals surface area contributed by atoms with Gasteiger partial charge in [-0.3, -0.25) is 0 Å². The van der Waals surface area contributed by atoms with Crippen LogP contribution in [-0.4, -0.2) is 37.4 Å². The van der Waals surface area contributed by atoms with Crippen molar-refractivity contribution in [3.05, 3.63) is 120 Å². The first-order chi connectivity index (χ1) is 20.6. The van der Waals surface area contributed by atoms with Crippen LogP contribution in [0.4, 0.5) is 0 Å². The van der Waals surface area contributed by atoms with Crippen molar-refractivity contribution < 1.29 is 14.6 Å². The van der Waals surface area contributed by atoms with Crippen molar-refractivity contribution in [3.8, 4) is 11.1 Å². The molecule has 7 nitrogen and oxygen atoms in total. The van der Waals surface area contributed by atoms with Crippen LogP contribution in [0.15, 0.2) is 97.7 Å². The van der Waals surface area contributed by atoms with Gasteiger partial charge in [0.1, 0.15) is 6.33 Å². The van der Waals surface area contributed by atoms with Gasteiger partial charge in [-0.15, -0.1) is 0 Å². The molecule has 1 unspecified atom stereocenters. The molecule has 5 aromatic rings. The Labute approximate surface area is 244 Å². The van der Waals surface area contributed by atoms with Crippen molar-refractivity contribution in [2.45, 2.75) is 38.8 Å². The molecule has 2 aromatic heterocycles. The fourth-order valence-electron chi connectivity index (χ4n) is 5.64. The van der Waals surface area contributed by atoms with E-state index in [1.165, 1.54) is 11.9 Å². The summed E-state index contributed by atoms with van der Waals surface area (Å²) >= 11 is 0. The smallest absolute Gasteiger partial charge is 0.328 e. The Balaban J connectivity index is 1.45. The third kappa shape index (κ3) is 5.78. The van der Waals surface area contributed by atoms with Crippen LogP contribution >= 0.6 is 0 Å². The van der Waals surface area contributed by atoms with Crippen molar-refractivity contribution in [2.75, 3.05) is 6.61 Å². The van der Waals surface area contributed by atoms with Crippen LogP contribution in [0.1, 0.15) is 61.1 Å². The molecule has 0 saturated carbocycles. The van der Waals surface area contributed by atoms with E-state index in [1.54, 1.807) is 6.08 Å². The zero-order valence-electron chi connectivity index (χ0n) is 23.5. The Hall–Kier alpha value is -4.88. The Morgan fingerprint density at radius 2 is 1.67 bits per heavy atom. The number of benzene rings is 3. The van der Waals surface area contributed by atoms with Crippen molar-refractivity contribution in [1.82, 2.24) is 19.7 Å². The fourth-order valence-corrected chi connectivity index (χ4v) is 5.64. The lowest BCUT2D eigenvalue weighted by Gasteiger charge is -2.23. The van der Waals surface area contributed by atoms with E-state index < -0.39 is 5.97 Å². The largest absolute Gasteiger partial charge is 0.478 e. The normalized spacial score (nSPS) is 16.1. The summed E-state index contributed by atoms with van der Waals surface area (Å²) in [6, 6.07) is 23.1. The van der Waals surface area contributed by atoms with Crippen molar-refractivity contribution in [3.63, 3.8) is 0 Å². The molecule has 0 bridgehead atoms. The predicted molar refractivity (Wildman–Crippen MR) is 165 cm³/mol. The number of carbonyl (C=O) groups is 1. The highest BCUT2D eigenvalue weighted by Crippen LogP contribution is 2.37. The number of carboxylic acid groups (broad SMARTS) is 1. The first kappa shape index (κ1) is 27.3. The van der Waals surface area contributed by atoms with Gasteiger partial charge in [0.25, 0.3) is 0 Å². The first-order valence-electron chi connectivity index (χ1n) is 14.3. The number of aliphatic carboxylic acids is 1. The molecule has 1 N–H and O–H groups in total. The number of allylic oxidation sites excluding steroid dienone is 1. The molecule has 7 heteroatoms. The minimum absolute atomic E-state index is 0.0248. The van der Waals surface area contributed by atoms with Crippen molar-refractivity contribution >= 4 is 34.1 Å². The number of hydrogen-bond donors (Lipinski definition) is 1. The average molecular weight is 557 g/mol. The van der Waals surface area contributed by atoms with Gasteiger partial charge in [-0.25, -0.2) is 19.4 Å². The summed E-state index contributed by atoms with van der Waals surface area (Å²) in [7, 11) is 0. The van der Waals surface area contributed by atoms with Gasteiger partial charge < -0.3 is 9.84 Å². The van der Waals surface area contributed by atoms with E-state index in [4.69, 9.17) is 14.9 Å². The van der Waals surface area contributed by atoms with Gasteiger partial charge in [-0.05, 0) is 82.9 Å². The molecule has 1 atom stereocenters. The third-order valence-corrected chi connectivity index (χ3v) is 7.71. The van der Waals surface area contributed by atoms with Crippen molar-refractivity contribution in [2.24, 2.45) is 0 Å². The second-order valence-corrected chi connectivity index (χ2v) is 10.4. The summed E-state index contributed by atoms with van der Waals surface area (Å²) in [6.45, 7) is 2.94. The maximum Gasteiger partial charge on any atom is 0.328 e. The minimum atomic E-state index is -0.967. The van der Waals surface area contributed by atoms with E-state index in [2.05, 4.69) is 71.5 Å². The van der Waals surface area contributed by atoms with Crippen LogP contribution < -0.4 is 0 Å². The molecule has 1 fully saturated rings. The van der Waals surface area contributed by atoms with Gasteiger partial charge in [0.2, 0.25) is 0 Å². The van der Waals surface area contributed by atoms with E-state index >= 15 is 0 Å². The second-order valence-electron chi connectivity index (χ2n) is 10.4. The van der Waals surface area contributed by atoms with Gasteiger partial charge in [-0.1, -0.05) is 61.5 Å². The zero-order valence-corrected chi connectivity index (χ0v) is 23.5.